The minimum absolute atomic E-state index is 0.134. The average Bonchev–Trinajstić information content (AvgIpc) is 2.92. The van der Waals surface area contributed by atoms with Gasteiger partial charge >= 0.3 is 0 Å². The van der Waals surface area contributed by atoms with Gasteiger partial charge in [0.1, 0.15) is 5.75 Å². The summed E-state index contributed by atoms with van der Waals surface area (Å²) in [6, 6.07) is 8.65. The van der Waals surface area contributed by atoms with Crippen molar-refractivity contribution in [3.8, 4) is 5.75 Å². The maximum atomic E-state index is 9.43. The fourth-order valence-electron chi connectivity index (χ4n) is 3.08. The quantitative estimate of drug-likeness (QED) is 0.721. The molecule has 4 N–H and O–H groups in total. The first-order valence-corrected chi connectivity index (χ1v) is 7.97. The molecule has 0 aliphatic heterocycles. The van der Waals surface area contributed by atoms with E-state index in [0.29, 0.717) is 18.5 Å². The number of nitrogens with one attached hydrogen (secondary N) is 1. The first-order chi connectivity index (χ1) is 10.1. The predicted molar refractivity (Wildman–Crippen MR) is 85.4 cm³/mol. The van der Waals surface area contributed by atoms with Crippen molar-refractivity contribution in [1.82, 2.24) is 5.32 Å². The molecule has 0 saturated heterocycles. The summed E-state index contributed by atoms with van der Waals surface area (Å²) >= 11 is 0. The van der Waals surface area contributed by atoms with Crippen molar-refractivity contribution >= 4 is 0 Å². The molecule has 4 nitrogen and oxygen atoms in total. The van der Waals surface area contributed by atoms with Crippen molar-refractivity contribution in [2.24, 2.45) is 11.7 Å². The molecule has 3 atom stereocenters. The van der Waals surface area contributed by atoms with E-state index in [1.807, 2.05) is 26.0 Å². The molecule has 3 unspecified atom stereocenters. The van der Waals surface area contributed by atoms with Crippen molar-refractivity contribution in [3.05, 3.63) is 29.8 Å². The standard InChI is InChI=1S/C17H28N2O2/c1-12(2)21-15-8-6-13(7-9-15)17(10-18)19-16-5-3-4-14(16)11-20/h6-9,12,14,16-17,19-20H,3-5,10-11,18H2,1-2H3. The number of hydrogen-bond donors (Lipinski definition) is 3. The fraction of sp³-hybridized carbons (Fsp3) is 0.647. The zero-order chi connectivity index (χ0) is 15.2. The third-order valence-electron chi connectivity index (χ3n) is 4.20. The highest BCUT2D eigenvalue weighted by molar-refractivity contribution is 5.29. The number of benzene rings is 1. The normalized spacial score (nSPS) is 23.5. The minimum Gasteiger partial charge on any atom is -0.491 e. The van der Waals surface area contributed by atoms with E-state index in [4.69, 9.17) is 10.5 Å². The van der Waals surface area contributed by atoms with E-state index in [9.17, 15) is 5.11 Å². The van der Waals surface area contributed by atoms with Crippen LogP contribution in [0, 0.1) is 5.92 Å². The van der Waals surface area contributed by atoms with Gasteiger partial charge in [0.25, 0.3) is 0 Å². The molecule has 1 aromatic rings. The monoisotopic (exact) mass is 292 g/mol. The van der Waals surface area contributed by atoms with E-state index in [2.05, 4.69) is 17.4 Å². The lowest BCUT2D eigenvalue weighted by Crippen LogP contribution is -2.39. The second-order valence-electron chi connectivity index (χ2n) is 6.17. The zero-order valence-electron chi connectivity index (χ0n) is 13.1. The molecule has 4 heteroatoms. The van der Waals surface area contributed by atoms with E-state index in [0.717, 1.165) is 18.6 Å². The van der Waals surface area contributed by atoms with E-state index >= 15 is 0 Å². The molecule has 1 aromatic carbocycles. The summed E-state index contributed by atoms with van der Waals surface area (Å²) in [5.41, 5.74) is 7.11. The van der Waals surface area contributed by atoms with E-state index in [1.54, 1.807) is 0 Å². The molecule has 1 aliphatic carbocycles. The lowest BCUT2D eigenvalue weighted by Gasteiger charge is -2.26. The maximum absolute atomic E-state index is 9.43. The topological polar surface area (TPSA) is 67.5 Å². The van der Waals surface area contributed by atoms with Gasteiger partial charge in [-0.1, -0.05) is 18.6 Å². The van der Waals surface area contributed by atoms with Crippen LogP contribution < -0.4 is 15.8 Å². The Morgan fingerprint density at radius 2 is 2.00 bits per heavy atom. The summed E-state index contributed by atoms with van der Waals surface area (Å²) in [5.74, 6) is 1.25. The molecule has 0 radical (unpaired) electrons. The van der Waals surface area contributed by atoms with Crippen LogP contribution in [0.3, 0.4) is 0 Å². The predicted octanol–water partition coefficient (Wildman–Crippen LogP) is 2.22. The van der Waals surface area contributed by atoms with Crippen LogP contribution in [-0.4, -0.2) is 30.4 Å². The van der Waals surface area contributed by atoms with Gasteiger partial charge in [0, 0.05) is 25.2 Å². The molecule has 0 aromatic heterocycles. The van der Waals surface area contributed by atoms with Gasteiger partial charge in [0.2, 0.25) is 0 Å². The Morgan fingerprint density at radius 3 is 2.57 bits per heavy atom. The van der Waals surface area contributed by atoms with Gasteiger partial charge in [-0.3, -0.25) is 0 Å². The molecular formula is C17H28N2O2. The van der Waals surface area contributed by atoms with Gasteiger partial charge in [-0.2, -0.15) is 0 Å². The Labute approximate surface area is 127 Å². The summed E-state index contributed by atoms with van der Waals surface area (Å²) in [5, 5.41) is 13.0. The van der Waals surface area contributed by atoms with Crippen molar-refractivity contribution in [2.75, 3.05) is 13.2 Å². The SMILES string of the molecule is CC(C)Oc1ccc(C(CN)NC2CCCC2CO)cc1. The summed E-state index contributed by atoms with van der Waals surface area (Å²) in [7, 11) is 0. The van der Waals surface area contributed by atoms with Crippen LogP contribution in [0.5, 0.6) is 5.75 Å². The van der Waals surface area contributed by atoms with Gasteiger partial charge in [-0.25, -0.2) is 0 Å². The first kappa shape index (κ1) is 16.3. The smallest absolute Gasteiger partial charge is 0.119 e. The molecule has 118 valence electrons. The molecular weight excluding hydrogens is 264 g/mol. The summed E-state index contributed by atoms with van der Waals surface area (Å²) in [6.45, 7) is 4.86. The minimum atomic E-state index is 0.134. The third kappa shape index (κ3) is 4.43. The number of hydrogen-bond acceptors (Lipinski definition) is 4. The van der Waals surface area contributed by atoms with Crippen LogP contribution in [0.2, 0.25) is 0 Å². The molecule has 0 bridgehead atoms. The Morgan fingerprint density at radius 1 is 1.29 bits per heavy atom. The zero-order valence-corrected chi connectivity index (χ0v) is 13.1. The van der Waals surface area contributed by atoms with Gasteiger partial charge in [-0.05, 0) is 50.3 Å². The van der Waals surface area contributed by atoms with Gasteiger partial charge in [0.05, 0.1) is 6.10 Å². The van der Waals surface area contributed by atoms with Gasteiger partial charge < -0.3 is 20.9 Å². The number of ether oxygens (including phenoxy) is 1. The molecule has 2 rings (SSSR count). The molecule has 1 saturated carbocycles. The number of aliphatic hydroxyl groups excluding tert-OH is 1. The van der Waals surface area contributed by atoms with E-state index in [1.165, 1.54) is 12.0 Å². The summed E-state index contributed by atoms with van der Waals surface area (Å²) in [4.78, 5) is 0. The third-order valence-corrected chi connectivity index (χ3v) is 4.20. The largest absolute Gasteiger partial charge is 0.491 e. The lowest BCUT2D eigenvalue weighted by atomic mass is 10.0. The average molecular weight is 292 g/mol. The van der Waals surface area contributed by atoms with E-state index in [-0.39, 0.29) is 18.8 Å². The number of rotatable bonds is 7. The maximum Gasteiger partial charge on any atom is 0.119 e. The molecule has 0 heterocycles. The molecule has 1 aliphatic rings. The highest BCUT2D eigenvalue weighted by Crippen LogP contribution is 2.28. The highest BCUT2D eigenvalue weighted by atomic mass is 16.5. The highest BCUT2D eigenvalue weighted by Gasteiger charge is 2.28. The fourth-order valence-corrected chi connectivity index (χ4v) is 3.08. The van der Waals surface area contributed by atoms with Crippen LogP contribution in [0.15, 0.2) is 24.3 Å². The lowest BCUT2D eigenvalue weighted by molar-refractivity contribution is 0.199. The molecule has 0 amide bonds. The van der Waals surface area contributed by atoms with Crippen molar-refractivity contribution in [3.63, 3.8) is 0 Å². The van der Waals surface area contributed by atoms with Crippen molar-refractivity contribution in [2.45, 2.75) is 51.3 Å². The van der Waals surface area contributed by atoms with Crippen molar-refractivity contribution < 1.29 is 9.84 Å². The molecule has 1 fully saturated rings. The van der Waals surface area contributed by atoms with E-state index < -0.39 is 0 Å². The Kier molecular flexibility index (Phi) is 6.03. The summed E-state index contributed by atoms with van der Waals surface area (Å²) in [6.07, 6.45) is 3.59. The van der Waals surface area contributed by atoms with Crippen LogP contribution in [0.25, 0.3) is 0 Å². The number of aliphatic hydroxyl groups is 1. The Hall–Kier alpha value is -1.10. The second kappa shape index (κ2) is 7.78. The van der Waals surface area contributed by atoms with Crippen LogP contribution >= 0.6 is 0 Å². The Bertz CT molecular complexity index is 419. The summed E-state index contributed by atoms with van der Waals surface area (Å²) < 4.78 is 5.67. The van der Waals surface area contributed by atoms with Crippen LogP contribution in [0.1, 0.15) is 44.7 Å². The van der Waals surface area contributed by atoms with Crippen molar-refractivity contribution in [1.29, 1.82) is 0 Å². The van der Waals surface area contributed by atoms with Crippen LogP contribution in [0.4, 0.5) is 0 Å². The van der Waals surface area contributed by atoms with Crippen LogP contribution in [-0.2, 0) is 0 Å². The molecule has 0 spiro atoms. The number of nitrogens with two attached hydrogens (primary N) is 1. The van der Waals surface area contributed by atoms with Gasteiger partial charge in [-0.15, -0.1) is 0 Å². The second-order valence-corrected chi connectivity index (χ2v) is 6.17. The van der Waals surface area contributed by atoms with Gasteiger partial charge in [0.15, 0.2) is 0 Å². The molecule has 21 heavy (non-hydrogen) atoms. The Balaban J connectivity index is 2.00. The first-order valence-electron chi connectivity index (χ1n) is 7.97.